The highest BCUT2D eigenvalue weighted by molar-refractivity contribution is 6.27. The van der Waals surface area contributed by atoms with E-state index in [0.29, 0.717) is 6.04 Å². The summed E-state index contributed by atoms with van der Waals surface area (Å²) in [6.45, 7) is 2.95. The van der Waals surface area contributed by atoms with E-state index in [0.717, 1.165) is 13.0 Å². The second kappa shape index (κ2) is 3.96. The number of hydrogen-bond acceptors (Lipinski definition) is 1. The molecule has 1 fully saturated rings. The van der Waals surface area contributed by atoms with Crippen LogP contribution in [0, 0.1) is 0 Å². The van der Waals surface area contributed by atoms with Crippen LogP contribution in [0.15, 0.2) is 0 Å². The summed E-state index contributed by atoms with van der Waals surface area (Å²) in [6, 6.07) is 0.515. The fraction of sp³-hybridized carbons (Fsp3) is 0.875. The number of hydrogen-bond donors (Lipinski definition) is 0. The molecule has 1 amide bonds. The van der Waals surface area contributed by atoms with Gasteiger partial charge in [-0.15, -0.1) is 11.6 Å². The van der Waals surface area contributed by atoms with Gasteiger partial charge in [0.1, 0.15) is 5.88 Å². The van der Waals surface area contributed by atoms with Crippen molar-refractivity contribution in [3.05, 3.63) is 0 Å². The first-order valence-electron chi connectivity index (χ1n) is 4.15. The molecule has 1 rings (SSSR count). The van der Waals surface area contributed by atoms with Gasteiger partial charge in [-0.1, -0.05) is 6.92 Å². The van der Waals surface area contributed by atoms with Crippen molar-refractivity contribution in [3.8, 4) is 0 Å². The van der Waals surface area contributed by atoms with Crippen molar-refractivity contribution >= 4 is 17.5 Å². The zero-order valence-corrected chi connectivity index (χ0v) is 7.60. The van der Waals surface area contributed by atoms with E-state index >= 15 is 0 Å². The first-order chi connectivity index (χ1) is 5.29. The maximum Gasteiger partial charge on any atom is 0.237 e. The number of alkyl halides is 1. The van der Waals surface area contributed by atoms with Crippen LogP contribution in [-0.2, 0) is 4.79 Å². The summed E-state index contributed by atoms with van der Waals surface area (Å²) in [5, 5.41) is 0. The summed E-state index contributed by atoms with van der Waals surface area (Å²) in [6.07, 6.45) is 3.37. The summed E-state index contributed by atoms with van der Waals surface area (Å²) in [5.74, 6) is 0.229. The van der Waals surface area contributed by atoms with Crippen LogP contribution in [0.25, 0.3) is 0 Å². The van der Waals surface area contributed by atoms with E-state index < -0.39 is 0 Å². The minimum atomic E-state index is 0.0935. The summed E-state index contributed by atoms with van der Waals surface area (Å²) in [5.41, 5.74) is 0. The van der Waals surface area contributed by atoms with E-state index in [1.165, 1.54) is 12.8 Å². The fourth-order valence-corrected chi connectivity index (χ4v) is 1.37. The van der Waals surface area contributed by atoms with Crippen LogP contribution in [-0.4, -0.2) is 29.3 Å². The topological polar surface area (TPSA) is 20.3 Å². The van der Waals surface area contributed by atoms with Crippen LogP contribution in [0.5, 0.6) is 0 Å². The highest BCUT2D eigenvalue weighted by Gasteiger charge is 2.30. The Hall–Kier alpha value is -0.240. The molecule has 0 radical (unpaired) electrons. The lowest BCUT2D eigenvalue weighted by molar-refractivity contribution is -0.129. The number of carbonyl (C=O) groups is 1. The zero-order chi connectivity index (χ0) is 8.27. The average molecular weight is 176 g/mol. The van der Waals surface area contributed by atoms with Crippen molar-refractivity contribution in [1.29, 1.82) is 0 Å². The number of amides is 1. The lowest BCUT2D eigenvalue weighted by atomic mass is 10.4. The van der Waals surface area contributed by atoms with Gasteiger partial charge in [0, 0.05) is 12.6 Å². The molecule has 0 bridgehead atoms. The molecule has 0 aliphatic heterocycles. The molecule has 2 nitrogen and oxygen atoms in total. The molecule has 0 N–H and O–H groups in total. The van der Waals surface area contributed by atoms with E-state index in [9.17, 15) is 4.79 Å². The first-order valence-corrected chi connectivity index (χ1v) is 4.68. The molecule has 0 saturated heterocycles. The lowest BCUT2D eigenvalue weighted by Gasteiger charge is -2.20. The molecule has 0 aromatic rings. The monoisotopic (exact) mass is 175 g/mol. The Morgan fingerprint density at radius 1 is 1.64 bits per heavy atom. The smallest absolute Gasteiger partial charge is 0.237 e. The van der Waals surface area contributed by atoms with E-state index in [1.54, 1.807) is 0 Å². The molecule has 0 spiro atoms. The summed E-state index contributed by atoms with van der Waals surface area (Å²) < 4.78 is 0. The third-order valence-electron chi connectivity index (χ3n) is 1.89. The van der Waals surface area contributed by atoms with Gasteiger partial charge in [0.15, 0.2) is 0 Å². The number of nitrogens with zero attached hydrogens (tertiary/aromatic N) is 1. The SMILES string of the molecule is CCCN(C(=O)CCl)C1CC1. The molecule has 0 aromatic carbocycles. The van der Waals surface area contributed by atoms with E-state index in [4.69, 9.17) is 11.6 Å². The van der Waals surface area contributed by atoms with Gasteiger partial charge in [0.2, 0.25) is 5.91 Å². The van der Waals surface area contributed by atoms with Gasteiger partial charge in [-0.25, -0.2) is 0 Å². The highest BCUT2D eigenvalue weighted by atomic mass is 35.5. The molecule has 0 heterocycles. The molecule has 64 valence electrons. The third kappa shape index (κ3) is 2.37. The van der Waals surface area contributed by atoms with Gasteiger partial charge < -0.3 is 4.90 Å². The fourth-order valence-electron chi connectivity index (χ4n) is 1.21. The second-order valence-corrected chi connectivity index (χ2v) is 3.22. The molecule has 1 aliphatic carbocycles. The van der Waals surface area contributed by atoms with Crippen molar-refractivity contribution in [2.75, 3.05) is 12.4 Å². The molecule has 0 atom stereocenters. The summed E-state index contributed by atoms with van der Waals surface area (Å²) >= 11 is 5.46. The minimum absolute atomic E-state index is 0.0935. The van der Waals surface area contributed by atoms with Crippen molar-refractivity contribution < 1.29 is 4.79 Å². The number of halogens is 1. The Morgan fingerprint density at radius 2 is 2.27 bits per heavy atom. The Morgan fingerprint density at radius 3 is 2.64 bits per heavy atom. The molecule has 3 heteroatoms. The van der Waals surface area contributed by atoms with Crippen molar-refractivity contribution in [3.63, 3.8) is 0 Å². The standard InChI is InChI=1S/C8H14ClNO/c1-2-5-10(7-3-4-7)8(11)6-9/h7H,2-6H2,1H3. The van der Waals surface area contributed by atoms with Crippen LogP contribution in [0.4, 0.5) is 0 Å². The predicted octanol–water partition coefficient (Wildman–Crippen LogP) is 1.63. The number of rotatable bonds is 4. The van der Waals surface area contributed by atoms with Gasteiger partial charge in [-0.05, 0) is 19.3 Å². The zero-order valence-electron chi connectivity index (χ0n) is 6.85. The molecule has 11 heavy (non-hydrogen) atoms. The first kappa shape index (κ1) is 8.85. The Balaban J connectivity index is 2.37. The molecular weight excluding hydrogens is 162 g/mol. The summed E-state index contributed by atoms with van der Waals surface area (Å²) in [4.78, 5) is 13.1. The Labute approximate surface area is 72.5 Å². The largest absolute Gasteiger partial charge is 0.339 e. The van der Waals surface area contributed by atoms with Gasteiger partial charge in [0.05, 0.1) is 0 Å². The maximum atomic E-state index is 11.2. The van der Waals surface area contributed by atoms with Crippen LogP contribution < -0.4 is 0 Å². The van der Waals surface area contributed by atoms with Gasteiger partial charge >= 0.3 is 0 Å². The molecule has 0 aromatic heterocycles. The maximum absolute atomic E-state index is 11.2. The van der Waals surface area contributed by atoms with Crippen molar-refractivity contribution in [1.82, 2.24) is 4.90 Å². The Bertz CT molecular complexity index is 145. The minimum Gasteiger partial charge on any atom is -0.339 e. The van der Waals surface area contributed by atoms with E-state index in [-0.39, 0.29) is 11.8 Å². The highest BCUT2D eigenvalue weighted by Crippen LogP contribution is 2.26. The van der Waals surface area contributed by atoms with Crippen molar-refractivity contribution in [2.24, 2.45) is 0 Å². The summed E-state index contributed by atoms with van der Waals surface area (Å²) in [7, 11) is 0. The quantitative estimate of drug-likeness (QED) is 0.595. The molecule has 1 aliphatic rings. The third-order valence-corrected chi connectivity index (χ3v) is 2.12. The lowest BCUT2D eigenvalue weighted by Crippen LogP contribution is -2.34. The van der Waals surface area contributed by atoms with Crippen molar-refractivity contribution in [2.45, 2.75) is 32.2 Å². The predicted molar refractivity (Wildman–Crippen MR) is 45.7 cm³/mol. The van der Waals surface area contributed by atoms with E-state index in [1.807, 2.05) is 4.90 Å². The Kier molecular flexibility index (Phi) is 3.18. The van der Waals surface area contributed by atoms with Crippen LogP contribution in [0.2, 0.25) is 0 Å². The van der Waals surface area contributed by atoms with Gasteiger partial charge in [-0.2, -0.15) is 0 Å². The van der Waals surface area contributed by atoms with E-state index in [2.05, 4.69) is 6.92 Å². The molecule has 1 saturated carbocycles. The normalized spacial score (nSPS) is 16.5. The molecular formula is C8H14ClNO. The van der Waals surface area contributed by atoms with Crippen LogP contribution in [0.1, 0.15) is 26.2 Å². The van der Waals surface area contributed by atoms with Crippen LogP contribution >= 0.6 is 11.6 Å². The van der Waals surface area contributed by atoms with Gasteiger partial charge in [-0.3, -0.25) is 4.79 Å². The average Bonchev–Trinajstić information content (AvgIpc) is 2.81. The van der Waals surface area contributed by atoms with Crippen LogP contribution in [0.3, 0.4) is 0 Å². The number of carbonyl (C=O) groups excluding carboxylic acids is 1. The van der Waals surface area contributed by atoms with Gasteiger partial charge in [0.25, 0.3) is 0 Å². The second-order valence-electron chi connectivity index (χ2n) is 2.95. The molecule has 0 unspecified atom stereocenters.